The number of hydrogen-bond acceptors (Lipinski definition) is 4. The largest absolute Gasteiger partial charge is 0.367 e. The number of halogens is 4. The normalized spacial score (nSPS) is 17.8. The number of pyridine rings is 2. The minimum absolute atomic E-state index is 0.229. The standard InChI is InChI=1S/C20H24F4N4/c1-12(2)9-14-11-28(8-7-25-14)17-4-3-15(27-18(17)20(23)24)13-5-6-26-16(10-13)19(21)22/h3-6,10,12,14,19-20,25H,7-9,11H2,1-2H3/t14-/m0/s1. The molecular formula is C20H24F4N4. The van der Waals surface area contributed by atoms with Gasteiger partial charge in [0, 0.05) is 37.4 Å². The van der Waals surface area contributed by atoms with Gasteiger partial charge in [0.2, 0.25) is 0 Å². The van der Waals surface area contributed by atoms with Gasteiger partial charge in [0.25, 0.3) is 12.9 Å². The quantitative estimate of drug-likeness (QED) is 0.710. The lowest BCUT2D eigenvalue weighted by molar-refractivity contribution is 0.145. The lowest BCUT2D eigenvalue weighted by atomic mass is 10.0. The number of aromatic nitrogens is 2. The molecule has 3 rings (SSSR count). The van der Waals surface area contributed by atoms with Crippen LogP contribution in [-0.2, 0) is 0 Å². The van der Waals surface area contributed by atoms with Gasteiger partial charge in [-0.15, -0.1) is 0 Å². The summed E-state index contributed by atoms with van der Waals surface area (Å²) in [4.78, 5) is 9.65. The van der Waals surface area contributed by atoms with Crippen LogP contribution in [0.4, 0.5) is 23.2 Å². The summed E-state index contributed by atoms with van der Waals surface area (Å²) in [6.07, 6.45) is -3.29. The average molecular weight is 396 g/mol. The zero-order valence-corrected chi connectivity index (χ0v) is 15.9. The van der Waals surface area contributed by atoms with Gasteiger partial charge in [0.15, 0.2) is 0 Å². The molecule has 2 aromatic rings. The second-order valence-electron chi connectivity index (χ2n) is 7.40. The predicted molar refractivity (Wildman–Crippen MR) is 101 cm³/mol. The van der Waals surface area contributed by atoms with Gasteiger partial charge in [0.05, 0.1) is 11.4 Å². The third-order valence-electron chi connectivity index (χ3n) is 4.76. The molecule has 0 spiro atoms. The second-order valence-corrected chi connectivity index (χ2v) is 7.40. The van der Waals surface area contributed by atoms with E-state index in [9.17, 15) is 17.6 Å². The van der Waals surface area contributed by atoms with Crippen molar-refractivity contribution in [2.24, 2.45) is 5.92 Å². The number of nitrogens with one attached hydrogen (secondary N) is 1. The summed E-state index contributed by atoms with van der Waals surface area (Å²) in [6, 6.07) is 6.13. The van der Waals surface area contributed by atoms with Crippen molar-refractivity contribution in [2.75, 3.05) is 24.5 Å². The summed E-state index contributed by atoms with van der Waals surface area (Å²) in [7, 11) is 0. The van der Waals surface area contributed by atoms with Gasteiger partial charge < -0.3 is 10.2 Å². The van der Waals surface area contributed by atoms with Crippen LogP contribution in [0.1, 0.15) is 44.5 Å². The summed E-state index contributed by atoms with van der Waals surface area (Å²) in [5, 5.41) is 3.43. The van der Waals surface area contributed by atoms with Gasteiger partial charge in [0.1, 0.15) is 11.4 Å². The first-order chi connectivity index (χ1) is 13.3. The third kappa shape index (κ3) is 4.79. The maximum absolute atomic E-state index is 13.8. The SMILES string of the molecule is CC(C)C[C@H]1CN(c2ccc(-c3ccnc(C(F)F)c3)nc2C(F)F)CCN1. The molecule has 8 heteroatoms. The van der Waals surface area contributed by atoms with Gasteiger partial charge in [-0.05, 0) is 36.6 Å². The van der Waals surface area contributed by atoms with Crippen molar-refractivity contribution in [3.8, 4) is 11.3 Å². The van der Waals surface area contributed by atoms with Crippen LogP contribution in [-0.4, -0.2) is 35.6 Å². The van der Waals surface area contributed by atoms with Gasteiger partial charge >= 0.3 is 0 Å². The zero-order chi connectivity index (χ0) is 20.3. The van der Waals surface area contributed by atoms with E-state index in [1.807, 2.05) is 4.90 Å². The number of nitrogens with zero attached hydrogens (tertiary/aromatic N) is 3. The molecule has 1 fully saturated rings. The molecule has 4 nitrogen and oxygen atoms in total. The molecule has 3 heterocycles. The van der Waals surface area contributed by atoms with Crippen LogP contribution in [0.3, 0.4) is 0 Å². The van der Waals surface area contributed by atoms with E-state index < -0.39 is 18.5 Å². The molecule has 28 heavy (non-hydrogen) atoms. The molecule has 1 N–H and O–H groups in total. The van der Waals surface area contributed by atoms with E-state index in [1.165, 1.54) is 18.3 Å². The van der Waals surface area contributed by atoms with Gasteiger partial charge in [-0.1, -0.05) is 13.8 Å². The Morgan fingerprint density at radius 1 is 1.14 bits per heavy atom. The van der Waals surface area contributed by atoms with Crippen LogP contribution < -0.4 is 10.2 Å². The minimum atomic E-state index is -2.76. The molecule has 1 aliphatic heterocycles. The Morgan fingerprint density at radius 2 is 1.93 bits per heavy atom. The molecule has 1 saturated heterocycles. The van der Waals surface area contributed by atoms with Gasteiger partial charge in [-0.25, -0.2) is 22.5 Å². The average Bonchev–Trinajstić information content (AvgIpc) is 2.67. The zero-order valence-electron chi connectivity index (χ0n) is 15.9. The second kappa shape index (κ2) is 8.86. The topological polar surface area (TPSA) is 41.1 Å². The molecule has 0 amide bonds. The van der Waals surface area contributed by atoms with Crippen molar-refractivity contribution in [3.05, 3.63) is 41.9 Å². The monoisotopic (exact) mass is 396 g/mol. The molecular weight excluding hydrogens is 372 g/mol. The molecule has 1 atom stereocenters. The predicted octanol–water partition coefficient (Wildman–Crippen LogP) is 4.84. The fraction of sp³-hybridized carbons (Fsp3) is 0.500. The number of hydrogen-bond donors (Lipinski definition) is 1. The number of rotatable bonds is 6. The van der Waals surface area contributed by atoms with Gasteiger partial charge in [-0.3, -0.25) is 4.98 Å². The molecule has 1 aliphatic rings. The van der Waals surface area contributed by atoms with Gasteiger partial charge in [-0.2, -0.15) is 0 Å². The van der Waals surface area contributed by atoms with Crippen LogP contribution in [0.5, 0.6) is 0 Å². The first-order valence-electron chi connectivity index (χ1n) is 9.37. The van der Waals surface area contributed by atoms with E-state index in [1.54, 1.807) is 12.1 Å². The molecule has 152 valence electrons. The van der Waals surface area contributed by atoms with Crippen molar-refractivity contribution < 1.29 is 17.6 Å². The molecule has 0 aliphatic carbocycles. The maximum atomic E-state index is 13.8. The van der Waals surface area contributed by atoms with Crippen LogP contribution in [0.15, 0.2) is 30.5 Å². The Bertz CT molecular complexity index is 798. The van der Waals surface area contributed by atoms with Crippen molar-refractivity contribution in [1.82, 2.24) is 15.3 Å². The summed E-state index contributed by atoms with van der Waals surface area (Å²) < 4.78 is 53.3. The summed E-state index contributed by atoms with van der Waals surface area (Å²) in [5.74, 6) is 0.503. The van der Waals surface area contributed by atoms with Crippen LogP contribution >= 0.6 is 0 Å². The van der Waals surface area contributed by atoms with Crippen molar-refractivity contribution >= 4 is 5.69 Å². The molecule has 0 saturated carbocycles. The minimum Gasteiger partial charge on any atom is -0.367 e. The highest BCUT2D eigenvalue weighted by atomic mass is 19.3. The molecule has 2 aromatic heterocycles. The molecule has 0 aromatic carbocycles. The van der Waals surface area contributed by atoms with E-state index in [-0.39, 0.29) is 17.4 Å². The third-order valence-corrected chi connectivity index (χ3v) is 4.76. The van der Waals surface area contributed by atoms with Crippen LogP contribution in [0, 0.1) is 5.92 Å². The number of alkyl halides is 4. The fourth-order valence-electron chi connectivity index (χ4n) is 3.55. The van der Waals surface area contributed by atoms with E-state index in [0.717, 1.165) is 6.42 Å². The van der Waals surface area contributed by atoms with E-state index in [2.05, 4.69) is 29.1 Å². The highest BCUT2D eigenvalue weighted by molar-refractivity contribution is 5.64. The van der Waals surface area contributed by atoms with E-state index in [0.29, 0.717) is 36.8 Å². The van der Waals surface area contributed by atoms with Crippen molar-refractivity contribution in [1.29, 1.82) is 0 Å². The molecule has 0 radical (unpaired) electrons. The van der Waals surface area contributed by atoms with Crippen molar-refractivity contribution in [3.63, 3.8) is 0 Å². The Balaban J connectivity index is 1.90. The lowest BCUT2D eigenvalue weighted by Crippen LogP contribution is -2.51. The molecule has 0 unspecified atom stereocenters. The smallest absolute Gasteiger partial charge is 0.282 e. The highest BCUT2D eigenvalue weighted by Crippen LogP contribution is 2.32. The Hall–Kier alpha value is -2.22. The first-order valence-corrected chi connectivity index (χ1v) is 9.37. The van der Waals surface area contributed by atoms with Crippen LogP contribution in [0.25, 0.3) is 11.3 Å². The maximum Gasteiger partial charge on any atom is 0.282 e. The fourth-order valence-corrected chi connectivity index (χ4v) is 3.55. The van der Waals surface area contributed by atoms with E-state index in [4.69, 9.17) is 0 Å². The first kappa shape index (κ1) is 20.5. The summed E-state index contributed by atoms with van der Waals surface area (Å²) >= 11 is 0. The molecule has 0 bridgehead atoms. The highest BCUT2D eigenvalue weighted by Gasteiger charge is 2.26. The lowest BCUT2D eigenvalue weighted by Gasteiger charge is -2.36. The van der Waals surface area contributed by atoms with E-state index >= 15 is 0 Å². The Labute approximate surface area is 162 Å². The Morgan fingerprint density at radius 3 is 2.61 bits per heavy atom. The summed E-state index contributed by atoms with van der Waals surface area (Å²) in [5.41, 5.74) is 0.254. The van der Waals surface area contributed by atoms with Crippen molar-refractivity contribution in [2.45, 2.75) is 39.2 Å². The number of anilines is 1. The number of piperazine rings is 1. The Kier molecular flexibility index (Phi) is 6.49. The van der Waals surface area contributed by atoms with Crippen LogP contribution in [0.2, 0.25) is 0 Å². The summed E-state index contributed by atoms with van der Waals surface area (Å²) in [6.45, 7) is 6.21.